The maximum absolute atomic E-state index is 5.72. The minimum absolute atomic E-state index is 0.319. The molecule has 18 heavy (non-hydrogen) atoms. The molecule has 0 bridgehead atoms. The molecule has 0 amide bonds. The standard InChI is InChI=1S/C14H19Br2NO/c1-3-17-14(11-6-7-18-9(11)2)12-8-10(15)4-5-13(12)16/h4-5,8-9,11,14,17H,3,6-7H2,1-2H3. The Morgan fingerprint density at radius 2 is 2.22 bits per heavy atom. The Kier molecular flexibility index (Phi) is 5.24. The second-order valence-corrected chi connectivity index (χ2v) is 6.50. The molecule has 0 spiro atoms. The molecule has 0 aromatic heterocycles. The highest BCUT2D eigenvalue weighted by atomic mass is 79.9. The van der Waals surface area contributed by atoms with Gasteiger partial charge in [-0.2, -0.15) is 0 Å². The monoisotopic (exact) mass is 375 g/mol. The third-order valence-corrected chi connectivity index (χ3v) is 4.80. The molecule has 1 fully saturated rings. The molecule has 0 saturated carbocycles. The van der Waals surface area contributed by atoms with Crippen molar-refractivity contribution in [3.8, 4) is 0 Å². The van der Waals surface area contributed by atoms with E-state index >= 15 is 0 Å². The second kappa shape index (κ2) is 6.51. The van der Waals surface area contributed by atoms with Gasteiger partial charge >= 0.3 is 0 Å². The van der Waals surface area contributed by atoms with Crippen LogP contribution in [-0.2, 0) is 4.74 Å². The molecule has 0 radical (unpaired) electrons. The third kappa shape index (κ3) is 3.16. The maximum atomic E-state index is 5.72. The summed E-state index contributed by atoms with van der Waals surface area (Å²) in [5.74, 6) is 0.538. The minimum atomic E-state index is 0.319. The van der Waals surface area contributed by atoms with E-state index in [1.807, 2.05) is 0 Å². The fraction of sp³-hybridized carbons (Fsp3) is 0.571. The molecule has 2 nitrogen and oxygen atoms in total. The van der Waals surface area contributed by atoms with Crippen LogP contribution in [0, 0.1) is 5.92 Å². The van der Waals surface area contributed by atoms with Crippen LogP contribution in [0.15, 0.2) is 27.1 Å². The van der Waals surface area contributed by atoms with Gasteiger partial charge < -0.3 is 10.1 Å². The Morgan fingerprint density at radius 3 is 2.83 bits per heavy atom. The lowest BCUT2D eigenvalue weighted by Crippen LogP contribution is -2.32. The number of hydrogen-bond donors (Lipinski definition) is 1. The van der Waals surface area contributed by atoms with E-state index in [1.165, 1.54) is 5.56 Å². The average molecular weight is 377 g/mol. The van der Waals surface area contributed by atoms with E-state index in [9.17, 15) is 0 Å². The quantitative estimate of drug-likeness (QED) is 0.846. The van der Waals surface area contributed by atoms with Crippen molar-refractivity contribution in [3.05, 3.63) is 32.7 Å². The minimum Gasteiger partial charge on any atom is -0.378 e. The van der Waals surface area contributed by atoms with Gasteiger partial charge in [0.2, 0.25) is 0 Å². The molecule has 3 unspecified atom stereocenters. The first-order valence-electron chi connectivity index (χ1n) is 6.43. The highest BCUT2D eigenvalue weighted by Gasteiger charge is 2.33. The number of halogens is 2. The largest absolute Gasteiger partial charge is 0.378 e. The van der Waals surface area contributed by atoms with E-state index in [0.717, 1.165) is 28.5 Å². The Hall–Kier alpha value is 0.1000. The summed E-state index contributed by atoms with van der Waals surface area (Å²) in [5.41, 5.74) is 1.31. The van der Waals surface area contributed by atoms with Gasteiger partial charge in [-0.25, -0.2) is 0 Å². The van der Waals surface area contributed by atoms with Gasteiger partial charge in [-0.15, -0.1) is 0 Å². The molecule has 1 saturated heterocycles. The van der Waals surface area contributed by atoms with Crippen molar-refractivity contribution in [2.45, 2.75) is 32.4 Å². The van der Waals surface area contributed by atoms with E-state index in [-0.39, 0.29) is 0 Å². The number of rotatable bonds is 4. The van der Waals surface area contributed by atoms with Crippen molar-refractivity contribution in [1.82, 2.24) is 5.32 Å². The molecule has 3 atom stereocenters. The van der Waals surface area contributed by atoms with Crippen LogP contribution in [0.3, 0.4) is 0 Å². The van der Waals surface area contributed by atoms with Gasteiger partial charge in [0.25, 0.3) is 0 Å². The van der Waals surface area contributed by atoms with Gasteiger partial charge in [-0.05, 0) is 43.7 Å². The van der Waals surface area contributed by atoms with Gasteiger partial charge in [0.05, 0.1) is 6.10 Å². The highest BCUT2D eigenvalue weighted by Crippen LogP contribution is 2.37. The van der Waals surface area contributed by atoms with Crippen LogP contribution in [0.25, 0.3) is 0 Å². The number of nitrogens with one attached hydrogen (secondary N) is 1. The molecule has 0 aliphatic carbocycles. The zero-order valence-electron chi connectivity index (χ0n) is 10.7. The van der Waals surface area contributed by atoms with Crippen molar-refractivity contribution in [3.63, 3.8) is 0 Å². The summed E-state index contributed by atoms with van der Waals surface area (Å²) >= 11 is 7.23. The first-order valence-corrected chi connectivity index (χ1v) is 8.02. The van der Waals surface area contributed by atoms with Crippen LogP contribution < -0.4 is 5.32 Å². The van der Waals surface area contributed by atoms with Crippen LogP contribution in [0.2, 0.25) is 0 Å². The summed E-state index contributed by atoms with van der Waals surface area (Å²) in [6, 6.07) is 6.71. The summed E-state index contributed by atoms with van der Waals surface area (Å²) in [6.45, 7) is 6.17. The zero-order chi connectivity index (χ0) is 13.1. The fourth-order valence-corrected chi connectivity index (χ4v) is 3.52. The Balaban J connectivity index is 2.31. The lowest BCUT2D eigenvalue weighted by Gasteiger charge is -2.28. The Bertz CT molecular complexity index is 411. The van der Waals surface area contributed by atoms with Crippen molar-refractivity contribution in [2.75, 3.05) is 13.2 Å². The molecule has 2 rings (SSSR count). The Labute approximate surface area is 126 Å². The van der Waals surface area contributed by atoms with Crippen LogP contribution >= 0.6 is 31.9 Å². The van der Waals surface area contributed by atoms with Gasteiger partial charge in [0.1, 0.15) is 0 Å². The normalized spacial score (nSPS) is 25.3. The van der Waals surface area contributed by atoms with E-state index < -0.39 is 0 Å². The van der Waals surface area contributed by atoms with Crippen molar-refractivity contribution in [1.29, 1.82) is 0 Å². The van der Waals surface area contributed by atoms with E-state index in [2.05, 4.69) is 69.2 Å². The van der Waals surface area contributed by atoms with Gasteiger partial charge in [0, 0.05) is 27.5 Å². The SMILES string of the molecule is CCNC(c1cc(Br)ccc1Br)C1CCOC1C. The molecule has 1 aromatic carbocycles. The molecule has 1 heterocycles. The smallest absolute Gasteiger partial charge is 0.0594 e. The second-order valence-electron chi connectivity index (χ2n) is 4.73. The maximum Gasteiger partial charge on any atom is 0.0594 e. The van der Waals surface area contributed by atoms with Crippen molar-refractivity contribution >= 4 is 31.9 Å². The number of benzene rings is 1. The lowest BCUT2D eigenvalue weighted by atomic mass is 9.88. The number of ether oxygens (including phenoxy) is 1. The zero-order valence-corrected chi connectivity index (χ0v) is 13.9. The predicted octanol–water partition coefficient (Wildman–Crippen LogP) is 4.29. The summed E-state index contributed by atoms with van der Waals surface area (Å²) in [5, 5.41) is 3.61. The summed E-state index contributed by atoms with van der Waals surface area (Å²) in [7, 11) is 0. The first-order chi connectivity index (χ1) is 8.63. The van der Waals surface area contributed by atoms with Crippen LogP contribution in [0.5, 0.6) is 0 Å². The number of hydrogen-bond acceptors (Lipinski definition) is 2. The molecular weight excluding hydrogens is 358 g/mol. The molecular formula is C14H19Br2NO. The molecule has 4 heteroatoms. The first kappa shape index (κ1) is 14.5. The lowest BCUT2D eigenvalue weighted by molar-refractivity contribution is 0.0955. The van der Waals surface area contributed by atoms with E-state index in [4.69, 9.17) is 4.74 Å². The highest BCUT2D eigenvalue weighted by molar-refractivity contribution is 9.11. The van der Waals surface area contributed by atoms with E-state index in [0.29, 0.717) is 18.1 Å². The van der Waals surface area contributed by atoms with Crippen LogP contribution in [-0.4, -0.2) is 19.3 Å². The summed E-state index contributed by atoms with van der Waals surface area (Å²) in [6.07, 6.45) is 1.44. The van der Waals surface area contributed by atoms with Crippen LogP contribution in [0.1, 0.15) is 31.9 Å². The van der Waals surface area contributed by atoms with Crippen LogP contribution in [0.4, 0.5) is 0 Å². The average Bonchev–Trinajstić information content (AvgIpc) is 2.76. The third-order valence-electron chi connectivity index (χ3n) is 3.58. The summed E-state index contributed by atoms with van der Waals surface area (Å²) in [4.78, 5) is 0. The molecule has 1 N–H and O–H groups in total. The predicted molar refractivity (Wildman–Crippen MR) is 81.8 cm³/mol. The molecule has 1 aliphatic rings. The van der Waals surface area contributed by atoms with Gasteiger partial charge in [-0.1, -0.05) is 38.8 Å². The fourth-order valence-electron chi connectivity index (χ4n) is 2.65. The molecule has 1 aliphatic heterocycles. The molecule has 1 aromatic rings. The topological polar surface area (TPSA) is 21.3 Å². The molecule has 100 valence electrons. The van der Waals surface area contributed by atoms with Crippen molar-refractivity contribution < 1.29 is 4.74 Å². The van der Waals surface area contributed by atoms with Gasteiger partial charge in [0.15, 0.2) is 0 Å². The van der Waals surface area contributed by atoms with E-state index in [1.54, 1.807) is 0 Å². The van der Waals surface area contributed by atoms with Gasteiger partial charge in [-0.3, -0.25) is 0 Å². The van der Waals surface area contributed by atoms with Crippen molar-refractivity contribution in [2.24, 2.45) is 5.92 Å². The summed E-state index contributed by atoms with van der Waals surface area (Å²) < 4.78 is 8.00. The Morgan fingerprint density at radius 1 is 1.44 bits per heavy atom.